The minimum Gasteiger partial charge on any atom is -0.383 e. The van der Waals surface area contributed by atoms with Crippen LogP contribution in [0.15, 0.2) is 24.4 Å². The molecule has 22 heavy (non-hydrogen) atoms. The normalized spacial score (nSPS) is 12.2. The predicted molar refractivity (Wildman–Crippen MR) is 74.0 cm³/mol. The number of aromatic nitrogens is 3. The highest BCUT2D eigenvalue weighted by atomic mass is 19.1. The molecule has 1 amide bonds. The third kappa shape index (κ3) is 3.83. The number of carbonyl (C=O) groups excluding carboxylic acids is 1. The van der Waals surface area contributed by atoms with Crippen molar-refractivity contribution in [3.05, 3.63) is 41.6 Å². The lowest BCUT2D eigenvalue weighted by Crippen LogP contribution is -2.39. The Balaban J connectivity index is 2.04. The second-order valence-corrected chi connectivity index (χ2v) is 4.55. The highest BCUT2D eigenvalue weighted by Gasteiger charge is 2.15. The SMILES string of the molecule is COCC(N)C(=O)Nc1cn(Cc2c(F)cccc2F)nn1. The monoisotopic (exact) mass is 311 g/mol. The van der Waals surface area contributed by atoms with Crippen LogP contribution in [0.5, 0.6) is 0 Å². The highest BCUT2D eigenvalue weighted by Crippen LogP contribution is 2.13. The van der Waals surface area contributed by atoms with E-state index in [1.54, 1.807) is 0 Å². The molecule has 0 saturated heterocycles. The molecule has 0 aliphatic rings. The first-order valence-corrected chi connectivity index (χ1v) is 6.39. The smallest absolute Gasteiger partial charge is 0.244 e. The number of carbonyl (C=O) groups is 1. The van der Waals surface area contributed by atoms with Gasteiger partial charge >= 0.3 is 0 Å². The summed E-state index contributed by atoms with van der Waals surface area (Å²) in [5, 5.41) is 9.83. The first kappa shape index (κ1) is 16.0. The van der Waals surface area contributed by atoms with Crippen LogP contribution in [-0.2, 0) is 16.1 Å². The van der Waals surface area contributed by atoms with Gasteiger partial charge in [0, 0.05) is 12.7 Å². The van der Waals surface area contributed by atoms with Gasteiger partial charge in [-0.1, -0.05) is 11.3 Å². The summed E-state index contributed by atoms with van der Waals surface area (Å²) in [6.45, 7) is -0.0914. The van der Waals surface area contributed by atoms with Gasteiger partial charge in [-0.05, 0) is 12.1 Å². The van der Waals surface area contributed by atoms with Crippen molar-refractivity contribution in [2.24, 2.45) is 5.73 Å². The van der Waals surface area contributed by atoms with Crippen molar-refractivity contribution in [2.75, 3.05) is 19.0 Å². The fraction of sp³-hybridized carbons (Fsp3) is 0.308. The molecule has 7 nitrogen and oxygen atoms in total. The molecule has 9 heteroatoms. The van der Waals surface area contributed by atoms with Crippen molar-refractivity contribution in [1.82, 2.24) is 15.0 Å². The van der Waals surface area contributed by atoms with Crippen LogP contribution in [0.3, 0.4) is 0 Å². The van der Waals surface area contributed by atoms with Gasteiger partial charge in [0.05, 0.1) is 19.3 Å². The van der Waals surface area contributed by atoms with Gasteiger partial charge in [-0.3, -0.25) is 4.79 Å². The van der Waals surface area contributed by atoms with Crippen molar-refractivity contribution in [1.29, 1.82) is 0 Å². The van der Waals surface area contributed by atoms with E-state index in [1.807, 2.05) is 0 Å². The second kappa shape index (κ2) is 7.05. The summed E-state index contributed by atoms with van der Waals surface area (Å²) >= 11 is 0. The third-order valence-corrected chi connectivity index (χ3v) is 2.85. The Bertz CT molecular complexity index is 641. The fourth-order valence-electron chi connectivity index (χ4n) is 1.75. The Labute approximate surface area is 125 Å². The molecule has 0 saturated carbocycles. The molecule has 0 bridgehead atoms. The topological polar surface area (TPSA) is 95.1 Å². The molecule has 1 unspecified atom stereocenters. The zero-order valence-electron chi connectivity index (χ0n) is 11.8. The lowest BCUT2D eigenvalue weighted by molar-refractivity contribution is -0.118. The van der Waals surface area contributed by atoms with E-state index in [0.717, 1.165) is 12.1 Å². The molecule has 3 N–H and O–H groups in total. The van der Waals surface area contributed by atoms with Gasteiger partial charge in [-0.15, -0.1) is 5.10 Å². The Morgan fingerprint density at radius 2 is 2.14 bits per heavy atom. The van der Waals surface area contributed by atoms with Gasteiger partial charge in [-0.25, -0.2) is 13.5 Å². The number of nitrogens with two attached hydrogens (primary N) is 1. The molecule has 118 valence electrons. The Morgan fingerprint density at radius 3 is 2.77 bits per heavy atom. The lowest BCUT2D eigenvalue weighted by Gasteiger charge is -2.08. The van der Waals surface area contributed by atoms with Crippen LogP contribution in [0.25, 0.3) is 0 Å². The van der Waals surface area contributed by atoms with Crippen molar-refractivity contribution >= 4 is 11.7 Å². The summed E-state index contributed by atoms with van der Waals surface area (Å²) in [6.07, 6.45) is 1.35. The minimum atomic E-state index is -0.848. The van der Waals surface area contributed by atoms with E-state index in [9.17, 15) is 13.6 Å². The van der Waals surface area contributed by atoms with Crippen molar-refractivity contribution < 1.29 is 18.3 Å². The number of amides is 1. The van der Waals surface area contributed by atoms with Crippen LogP contribution in [-0.4, -0.2) is 40.7 Å². The maximum atomic E-state index is 13.5. The van der Waals surface area contributed by atoms with E-state index in [4.69, 9.17) is 10.5 Å². The number of anilines is 1. The standard InChI is InChI=1S/C13H15F2N5O2/c1-22-7-11(16)13(21)17-12-6-20(19-18-12)5-8-9(14)3-2-4-10(8)15/h2-4,6,11H,5,7,16H2,1H3,(H,17,21). The third-order valence-electron chi connectivity index (χ3n) is 2.85. The number of hydrogen-bond donors (Lipinski definition) is 2. The van der Waals surface area contributed by atoms with Crippen LogP contribution in [0.1, 0.15) is 5.56 Å². The summed E-state index contributed by atoms with van der Waals surface area (Å²) in [5.74, 6) is -1.72. The molecule has 0 radical (unpaired) electrons. The number of nitrogens with zero attached hydrogens (tertiary/aromatic N) is 3. The van der Waals surface area contributed by atoms with Crippen LogP contribution < -0.4 is 11.1 Å². The Kier molecular flexibility index (Phi) is 5.12. The van der Waals surface area contributed by atoms with Crippen LogP contribution in [0.4, 0.5) is 14.6 Å². The first-order valence-electron chi connectivity index (χ1n) is 6.39. The molecule has 1 atom stereocenters. The summed E-state index contributed by atoms with van der Waals surface area (Å²) in [7, 11) is 1.42. The largest absolute Gasteiger partial charge is 0.383 e. The number of benzene rings is 1. The fourth-order valence-corrected chi connectivity index (χ4v) is 1.75. The van der Waals surface area contributed by atoms with E-state index >= 15 is 0 Å². The van der Waals surface area contributed by atoms with Crippen molar-refractivity contribution in [3.8, 4) is 0 Å². The van der Waals surface area contributed by atoms with Crippen LogP contribution >= 0.6 is 0 Å². The summed E-state index contributed by atoms with van der Waals surface area (Å²) in [5.41, 5.74) is 5.42. The molecule has 1 aromatic carbocycles. The first-order chi connectivity index (χ1) is 10.5. The van der Waals surface area contributed by atoms with Gasteiger partial charge in [0.15, 0.2) is 5.82 Å². The number of hydrogen-bond acceptors (Lipinski definition) is 5. The van der Waals surface area contributed by atoms with Gasteiger partial charge in [-0.2, -0.15) is 0 Å². The minimum absolute atomic E-state index is 0.0560. The molecule has 0 fully saturated rings. The van der Waals surface area contributed by atoms with E-state index in [0.29, 0.717) is 0 Å². The summed E-state index contributed by atoms with van der Waals surface area (Å²) < 4.78 is 33.1. The highest BCUT2D eigenvalue weighted by molar-refractivity contribution is 5.93. The van der Waals surface area contributed by atoms with Gasteiger partial charge < -0.3 is 15.8 Å². The number of ether oxygens (including phenoxy) is 1. The lowest BCUT2D eigenvalue weighted by atomic mass is 10.2. The Hall–Kier alpha value is -2.39. The molecule has 0 aliphatic carbocycles. The number of halogens is 2. The van der Waals surface area contributed by atoms with Gasteiger partial charge in [0.25, 0.3) is 0 Å². The molecule has 2 rings (SSSR count). The zero-order valence-corrected chi connectivity index (χ0v) is 11.8. The van der Waals surface area contributed by atoms with E-state index in [2.05, 4.69) is 15.6 Å². The molecule has 0 spiro atoms. The van der Waals surface area contributed by atoms with Gasteiger partial charge in [0.2, 0.25) is 5.91 Å². The average Bonchev–Trinajstić information content (AvgIpc) is 2.90. The van der Waals surface area contributed by atoms with Crippen LogP contribution in [0.2, 0.25) is 0 Å². The van der Waals surface area contributed by atoms with Crippen LogP contribution in [0, 0.1) is 11.6 Å². The molecule has 1 heterocycles. The van der Waals surface area contributed by atoms with E-state index in [1.165, 1.54) is 24.1 Å². The second-order valence-electron chi connectivity index (χ2n) is 4.55. The number of methoxy groups -OCH3 is 1. The molecular formula is C13H15F2N5O2. The van der Waals surface area contributed by atoms with E-state index in [-0.39, 0.29) is 24.5 Å². The maximum absolute atomic E-state index is 13.5. The zero-order chi connectivity index (χ0) is 16.1. The Morgan fingerprint density at radius 1 is 1.45 bits per heavy atom. The number of nitrogens with one attached hydrogen (secondary N) is 1. The molecular weight excluding hydrogens is 296 g/mol. The van der Waals surface area contributed by atoms with Gasteiger partial charge in [0.1, 0.15) is 17.7 Å². The van der Waals surface area contributed by atoms with E-state index < -0.39 is 23.6 Å². The molecule has 0 aliphatic heterocycles. The molecule has 2 aromatic rings. The summed E-state index contributed by atoms with van der Waals surface area (Å²) in [6, 6.07) is 2.74. The summed E-state index contributed by atoms with van der Waals surface area (Å²) in [4.78, 5) is 11.7. The number of rotatable bonds is 6. The molecule has 1 aromatic heterocycles. The van der Waals surface area contributed by atoms with Crippen molar-refractivity contribution in [3.63, 3.8) is 0 Å². The average molecular weight is 311 g/mol. The quantitative estimate of drug-likeness (QED) is 0.811. The maximum Gasteiger partial charge on any atom is 0.244 e. The van der Waals surface area contributed by atoms with Crippen molar-refractivity contribution in [2.45, 2.75) is 12.6 Å². The predicted octanol–water partition coefficient (Wildman–Crippen LogP) is 0.517.